The van der Waals surface area contributed by atoms with Gasteiger partial charge in [-0.05, 0) is 30.0 Å². The molecule has 1 aromatic heterocycles. The fourth-order valence-electron chi connectivity index (χ4n) is 5.02. The maximum Gasteiger partial charge on any atom is 0.255 e. The number of para-hydroxylation sites is 1. The van der Waals surface area contributed by atoms with E-state index in [-0.39, 0.29) is 11.3 Å². The van der Waals surface area contributed by atoms with Gasteiger partial charge in [0.05, 0.1) is 17.7 Å². The van der Waals surface area contributed by atoms with Gasteiger partial charge in [0.25, 0.3) is 5.91 Å². The lowest BCUT2D eigenvalue weighted by molar-refractivity contribution is -0.683. The lowest BCUT2D eigenvalue weighted by Gasteiger charge is -2.25. The Morgan fingerprint density at radius 2 is 1.48 bits per heavy atom. The summed E-state index contributed by atoms with van der Waals surface area (Å²) in [7, 11) is 0. The quantitative estimate of drug-likeness (QED) is 0.124. The summed E-state index contributed by atoms with van der Waals surface area (Å²) in [6.07, 6.45) is 17.9. The molecule has 2 aromatic carbocycles. The largest absolute Gasteiger partial charge is 0.491 e. The molecule has 1 N–H and O–H groups in total. The first-order valence-electron chi connectivity index (χ1n) is 15.5. The summed E-state index contributed by atoms with van der Waals surface area (Å²) < 4.78 is 8.52. The Labute approximate surface area is 247 Å². The van der Waals surface area contributed by atoms with E-state index < -0.39 is 0 Å². The Morgan fingerprint density at radius 3 is 2.05 bits per heavy atom. The first-order valence-corrected chi connectivity index (χ1v) is 16.4. The SMILES string of the molecule is CCCCCCCCCCCCCCOc1c(NC(=O)c2ccc(C[n+]3ccsc3)cc2)cccc1C(C)(C)C. The molecule has 0 atom stereocenters. The predicted octanol–water partition coefficient (Wildman–Crippen LogP) is 9.71. The number of ether oxygens (including phenoxy) is 1. The first-order chi connectivity index (χ1) is 19.4. The zero-order valence-corrected chi connectivity index (χ0v) is 26.2. The highest BCUT2D eigenvalue weighted by molar-refractivity contribution is 7.07. The van der Waals surface area contributed by atoms with Crippen molar-refractivity contribution in [2.45, 2.75) is 117 Å². The third kappa shape index (κ3) is 11.1. The molecule has 1 heterocycles. The van der Waals surface area contributed by atoms with Gasteiger partial charge in [-0.25, -0.2) is 0 Å². The number of unbranched alkanes of at least 4 members (excludes halogenated alkanes) is 11. The lowest BCUT2D eigenvalue weighted by atomic mass is 9.86. The Bertz CT molecular complexity index is 1120. The van der Waals surface area contributed by atoms with E-state index in [1.54, 1.807) is 11.3 Å². The van der Waals surface area contributed by atoms with Gasteiger partial charge in [0.15, 0.2) is 12.7 Å². The molecule has 4 nitrogen and oxygen atoms in total. The van der Waals surface area contributed by atoms with Crippen molar-refractivity contribution in [3.8, 4) is 5.75 Å². The molecule has 0 unspecified atom stereocenters. The molecule has 0 bridgehead atoms. The van der Waals surface area contributed by atoms with Gasteiger partial charge in [-0.3, -0.25) is 4.79 Å². The molecule has 1 amide bonds. The average molecular weight is 564 g/mol. The maximum absolute atomic E-state index is 13.2. The van der Waals surface area contributed by atoms with Gasteiger partial charge in [-0.1, -0.05) is 134 Å². The first kappa shape index (κ1) is 31.9. The second-order valence-electron chi connectivity index (χ2n) is 12.0. The van der Waals surface area contributed by atoms with E-state index in [9.17, 15) is 4.79 Å². The van der Waals surface area contributed by atoms with Crippen molar-refractivity contribution in [3.05, 3.63) is 76.2 Å². The molecule has 3 aromatic rings. The number of nitrogens with zero attached hydrogens (tertiary/aromatic N) is 1. The van der Waals surface area contributed by atoms with Crippen LogP contribution in [0.2, 0.25) is 0 Å². The Kier molecular flexibility index (Phi) is 13.7. The molecular weight excluding hydrogens is 512 g/mol. The molecule has 0 aliphatic carbocycles. The number of hydrogen-bond acceptors (Lipinski definition) is 3. The average Bonchev–Trinajstić information content (AvgIpc) is 3.44. The van der Waals surface area contributed by atoms with Crippen molar-refractivity contribution in [2.24, 2.45) is 0 Å². The number of nitrogens with one attached hydrogen (secondary N) is 1. The van der Waals surface area contributed by atoms with Gasteiger partial charge < -0.3 is 10.1 Å². The molecule has 0 fully saturated rings. The number of carbonyl (C=O) groups is 1. The van der Waals surface area contributed by atoms with Gasteiger partial charge in [-0.15, -0.1) is 0 Å². The monoisotopic (exact) mass is 563 g/mol. The smallest absolute Gasteiger partial charge is 0.255 e. The molecule has 0 radical (unpaired) electrons. The van der Waals surface area contributed by atoms with Gasteiger partial charge in [0, 0.05) is 16.7 Å². The minimum Gasteiger partial charge on any atom is -0.491 e. The summed E-state index contributed by atoms with van der Waals surface area (Å²) >= 11 is 1.67. The van der Waals surface area contributed by atoms with E-state index in [0.29, 0.717) is 12.2 Å². The van der Waals surface area contributed by atoms with Crippen LogP contribution in [0, 0.1) is 0 Å². The standard InChI is InChI=1S/C35H50N2O2S/c1-5-6-7-8-9-10-11-12-13-14-15-16-25-39-33-31(35(2,3)4)18-17-19-32(33)36-34(38)30-22-20-29(21-23-30)27-37-24-26-40-28-37/h17-24,26,28H,5-16,25,27H2,1-4H3/p+1. The summed E-state index contributed by atoms with van der Waals surface area (Å²) in [6, 6.07) is 13.9. The maximum atomic E-state index is 13.2. The van der Waals surface area contributed by atoms with Crippen molar-refractivity contribution < 1.29 is 14.1 Å². The number of carbonyl (C=O) groups excluding carboxylic acids is 1. The van der Waals surface area contributed by atoms with Gasteiger partial charge >= 0.3 is 0 Å². The van der Waals surface area contributed by atoms with Crippen LogP contribution >= 0.6 is 11.3 Å². The van der Waals surface area contributed by atoms with Gasteiger partial charge in [0.2, 0.25) is 5.51 Å². The summed E-state index contributed by atoms with van der Waals surface area (Å²) in [5.41, 5.74) is 5.67. The van der Waals surface area contributed by atoms with Crippen LogP contribution in [0.15, 0.2) is 59.6 Å². The van der Waals surface area contributed by atoms with Crippen LogP contribution in [0.4, 0.5) is 5.69 Å². The van der Waals surface area contributed by atoms with Crippen molar-refractivity contribution in [2.75, 3.05) is 11.9 Å². The summed E-state index contributed by atoms with van der Waals surface area (Å²) in [5.74, 6) is 0.688. The fraction of sp³-hybridized carbons (Fsp3) is 0.543. The highest BCUT2D eigenvalue weighted by atomic mass is 32.1. The van der Waals surface area contributed by atoms with Crippen LogP contribution < -0.4 is 14.6 Å². The van der Waals surface area contributed by atoms with E-state index in [1.807, 2.05) is 36.4 Å². The molecular formula is C35H51N2O2S+. The Balaban J connectivity index is 1.48. The van der Waals surface area contributed by atoms with Crippen LogP contribution in [0.3, 0.4) is 0 Å². The Hall–Kier alpha value is -2.66. The van der Waals surface area contributed by atoms with Crippen LogP contribution in [-0.2, 0) is 12.0 Å². The number of rotatable bonds is 18. The normalized spacial score (nSPS) is 11.5. The number of hydrogen-bond donors (Lipinski definition) is 1. The zero-order chi connectivity index (χ0) is 28.6. The molecule has 0 saturated carbocycles. The van der Waals surface area contributed by atoms with E-state index in [4.69, 9.17) is 4.74 Å². The fourth-order valence-corrected chi connectivity index (χ4v) is 5.62. The van der Waals surface area contributed by atoms with E-state index in [0.717, 1.165) is 30.0 Å². The molecule has 0 saturated heterocycles. The summed E-state index contributed by atoms with van der Waals surface area (Å²) in [6.45, 7) is 10.3. The molecule has 0 aliphatic heterocycles. The molecule has 40 heavy (non-hydrogen) atoms. The third-order valence-corrected chi connectivity index (χ3v) is 8.10. The van der Waals surface area contributed by atoms with Crippen LogP contribution in [-0.4, -0.2) is 12.5 Å². The number of thiazole rings is 1. The number of anilines is 1. The molecule has 0 spiro atoms. The predicted molar refractivity (Wildman–Crippen MR) is 170 cm³/mol. The van der Waals surface area contributed by atoms with Gasteiger partial charge in [-0.2, -0.15) is 4.57 Å². The molecule has 218 valence electrons. The van der Waals surface area contributed by atoms with E-state index in [2.05, 4.69) is 60.7 Å². The minimum absolute atomic E-state index is 0.0897. The topological polar surface area (TPSA) is 42.2 Å². The number of amides is 1. The number of aromatic nitrogens is 1. The van der Waals surface area contributed by atoms with Crippen molar-refractivity contribution in [1.82, 2.24) is 0 Å². The van der Waals surface area contributed by atoms with E-state index >= 15 is 0 Å². The summed E-state index contributed by atoms with van der Waals surface area (Å²) in [4.78, 5) is 13.2. The highest BCUT2D eigenvalue weighted by Gasteiger charge is 2.22. The second kappa shape index (κ2) is 17.2. The molecule has 3 rings (SSSR count). The van der Waals surface area contributed by atoms with Crippen molar-refractivity contribution >= 4 is 22.9 Å². The Morgan fingerprint density at radius 1 is 0.850 bits per heavy atom. The zero-order valence-electron chi connectivity index (χ0n) is 25.3. The van der Waals surface area contributed by atoms with Crippen molar-refractivity contribution in [3.63, 3.8) is 0 Å². The highest BCUT2D eigenvalue weighted by Crippen LogP contribution is 2.37. The van der Waals surface area contributed by atoms with Gasteiger partial charge in [0.1, 0.15) is 5.75 Å². The van der Waals surface area contributed by atoms with Crippen LogP contribution in [0.1, 0.15) is 126 Å². The number of benzene rings is 2. The lowest BCUT2D eigenvalue weighted by Crippen LogP contribution is -2.30. The molecule has 5 heteroatoms. The molecule has 0 aliphatic rings. The minimum atomic E-state index is -0.115. The van der Waals surface area contributed by atoms with Crippen LogP contribution in [0.25, 0.3) is 0 Å². The third-order valence-electron chi connectivity index (χ3n) is 7.42. The summed E-state index contributed by atoms with van der Waals surface area (Å²) in [5, 5.41) is 5.19. The van der Waals surface area contributed by atoms with E-state index in [1.165, 1.54) is 76.2 Å². The second-order valence-corrected chi connectivity index (χ2v) is 12.8. The van der Waals surface area contributed by atoms with Crippen LogP contribution in [0.5, 0.6) is 5.75 Å². The van der Waals surface area contributed by atoms with Crippen molar-refractivity contribution in [1.29, 1.82) is 0 Å².